The predicted molar refractivity (Wildman–Crippen MR) is 128 cm³/mol. The molecule has 6 rings (SSSR count). The quantitative estimate of drug-likeness (QED) is 0.276. The number of furan rings is 1. The van der Waals surface area contributed by atoms with Crippen LogP contribution in [0.1, 0.15) is 36.8 Å². The third-order valence-corrected chi connectivity index (χ3v) is 7.36. The van der Waals surface area contributed by atoms with Crippen molar-refractivity contribution in [1.29, 1.82) is 0 Å². The van der Waals surface area contributed by atoms with Crippen LogP contribution < -0.4 is 4.57 Å². The maximum atomic E-state index is 13.8. The van der Waals surface area contributed by atoms with E-state index >= 15 is 0 Å². The molecule has 0 amide bonds. The Kier molecular flexibility index (Phi) is 4.53. The first-order valence-electron chi connectivity index (χ1n) is 11.6. The minimum Gasteiger partial charge on any atom is -0.455 e. The molecule has 0 N–H and O–H groups in total. The molecular weight excluding hydrogens is 397 g/mol. The highest BCUT2D eigenvalue weighted by Crippen LogP contribution is 2.38. The summed E-state index contributed by atoms with van der Waals surface area (Å²) in [5.74, 6) is 0.540. The second kappa shape index (κ2) is 7.44. The highest BCUT2D eigenvalue weighted by Gasteiger charge is 2.24. The van der Waals surface area contributed by atoms with Gasteiger partial charge >= 0.3 is 0 Å². The third kappa shape index (κ3) is 3.02. The molecule has 1 aliphatic rings. The summed E-state index contributed by atoms with van der Waals surface area (Å²) in [4.78, 5) is 0. The van der Waals surface area contributed by atoms with E-state index in [1.807, 2.05) is 6.07 Å². The van der Waals surface area contributed by atoms with Gasteiger partial charge in [0.05, 0.1) is 5.56 Å². The minimum absolute atomic E-state index is 0.277. The number of hydrogen-bond donors (Lipinski definition) is 0. The van der Waals surface area contributed by atoms with Crippen LogP contribution in [0.15, 0.2) is 65.1 Å². The summed E-state index contributed by atoms with van der Waals surface area (Å²) < 4.78 is 22.3. The van der Waals surface area contributed by atoms with Gasteiger partial charge in [-0.05, 0) is 48.6 Å². The Morgan fingerprint density at radius 3 is 2.56 bits per heavy atom. The number of rotatable bonds is 3. The van der Waals surface area contributed by atoms with E-state index in [4.69, 9.17) is 4.42 Å². The van der Waals surface area contributed by atoms with Gasteiger partial charge in [0, 0.05) is 34.4 Å². The van der Waals surface area contributed by atoms with Gasteiger partial charge in [-0.3, -0.25) is 0 Å². The Bertz CT molecular complexity index is 1490. The molecule has 0 radical (unpaired) electrons. The summed E-state index contributed by atoms with van der Waals surface area (Å²) in [6.07, 6.45) is 6.62. The van der Waals surface area contributed by atoms with Crippen LogP contribution in [0.25, 0.3) is 44.1 Å². The largest absolute Gasteiger partial charge is 0.455 e. The second-order valence-electron chi connectivity index (χ2n) is 9.36. The first-order valence-corrected chi connectivity index (χ1v) is 11.6. The Hall–Kier alpha value is -3.20. The summed E-state index contributed by atoms with van der Waals surface area (Å²) in [7, 11) is 2.14. The lowest BCUT2D eigenvalue weighted by Gasteiger charge is -2.12. The van der Waals surface area contributed by atoms with E-state index in [0.29, 0.717) is 5.58 Å². The molecule has 1 aliphatic carbocycles. The average molecular weight is 425 g/mol. The smallest absolute Gasteiger partial charge is 0.216 e. The van der Waals surface area contributed by atoms with Crippen molar-refractivity contribution in [2.45, 2.75) is 39.0 Å². The van der Waals surface area contributed by atoms with Gasteiger partial charge in [-0.1, -0.05) is 49.9 Å². The van der Waals surface area contributed by atoms with E-state index in [-0.39, 0.29) is 5.82 Å². The molecular formula is C29H27FNO+. The lowest BCUT2D eigenvalue weighted by molar-refractivity contribution is -0.633. The van der Waals surface area contributed by atoms with Crippen LogP contribution >= 0.6 is 0 Å². The van der Waals surface area contributed by atoms with E-state index in [9.17, 15) is 4.39 Å². The number of aryl methyl sites for hydroxylation is 2. The molecule has 0 unspecified atom stereocenters. The molecule has 3 aromatic carbocycles. The highest BCUT2D eigenvalue weighted by atomic mass is 19.1. The molecule has 0 atom stereocenters. The topological polar surface area (TPSA) is 17.0 Å². The van der Waals surface area contributed by atoms with E-state index < -0.39 is 0 Å². The Morgan fingerprint density at radius 2 is 1.72 bits per heavy atom. The van der Waals surface area contributed by atoms with Crippen molar-refractivity contribution in [3.8, 4) is 11.3 Å². The van der Waals surface area contributed by atoms with Gasteiger partial charge in [0.15, 0.2) is 0 Å². The van der Waals surface area contributed by atoms with Crippen LogP contribution in [-0.2, 0) is 13.5 Å². The molecule has 2 aromatic heterocycles. The standard InChI is InChI=1S/C29H27FNO/c1-18-10-12-24-23-13-11-21(30)17-27(23)32-29(24)28(18)26-15-14-22-20(16-19-6-3-4-7-19)8-5-9-25(22)31(26)2/h5,8-15,17,19H,3-4,6-7,16H2,1-2H3/q+1. The van der Waals surface area contributed by atoms with E-state index in [1.54, 1.807) is 0 Å². The third-order valence-electron chi connectivity index (χ3n) is 7.36. The SMILES string of the molecule is Cc1ccc2c(oc3cc(F)ccc32)c1-c1ccc2c(CC3CCCC3)cccc2[n+]1C. The fraction of sp³-hybridized carbons (Fsp3) is 0.276. The number of benzene rings is 3. The summed E-state index contributed by atoms with van der Waals surface area (Å²) >= 11 is 0. The lowest BCUT2D eigenvalue weighted by Crippen LogP contribution is -2.32. The van der Waals surface area contributed by atoms with Crippen molar-refractivity contribution in [3.05, 3.63) is 77.6 Å². The van der Waals surface area contributed by atoms with Crippen molar-refractivity contribution in [2.75, 3.05) is 0 Å². The van der Waals surface area contributed by atoms with Gasteiger partial charge in [0.2, 0.25) is 11.2 Å². The van der Waals surface area contributed by atoms with Crippen molar-refractivity contribution in [2.24, 2.45) is 13.0 Å². The minimum atomic E-state index is -0.277. The fourth-order valence-electron chi connectivity index (χ4n) is 5.67. The van der Waals surface area contributed by atoms with Crippen molar-refractivity contribution < 1.29 is 13.4 Å². The van der Waals surface area contributed by atoms with Gasteiger partial charge in [0.25, 0.3) is 0 Å². The number of pyridine rings is 1. The number of halogens is 1. The summed E-state index contributed by atoms with van der Waals surface area (Å²) in [6.45, 7) is 2.11. The van der Waals surface area contributed by atoms with Gasteiger partial charge in [-0.2, -0.15) is 4.57 Å². The van der Waals surface area contributed by atoms with Crippen molar-refractivity contribution in [1.82, 2.24) is 0 Å². The second-order valence-corrected chi connectivity index (χ2v) is 9.36. The summed E-state index contributed by atoms with van der Waals surface area (Å²) in [5, 5.41) is 3.31. The molecule has 0 aliphatic heterocycles. The van der Waals surface area contributed by atoms with Gasteiger partial charge in [0.1, 0.15) is 24.0 Å². The maximum absolute atomic E-state index is 13.8. The molecule has 160 valence electrons. The number of aromatic nitrogens is 1. The lowest BCUT2D eigenvalue weighted by atomic mass is 9.94. The van der Waals surface area contributed by atoms with E-state index in [1.165, 1.54) is 60.7 Å². The zero-order valence-electron chi connectivity index (χ0n) is 18.6. The summed E-state index contributed by atoms with van der Waals surface area (Å²) in [5.41, 5.74) is 7.43. The van der Waals surface area contributed by atoms with E-state index in [0.717, 1.165) is 39.1 Å². The maximum Gasteiger partial charge on any atom is 0.216 e. The van der Waals surface area contributed by atoms with Crippen LogP contribution in [0.5, 0.6) is 0 Å². The normalized spacial score (nSPS) is 14.8. The molecule has 1 saturated carbocycles. The zero-order valence-corrected chi connectivity index (χ0v) is 18.6. The molecule has 1 fully saturated rings. The Morgan fingerprint density at radius 1 is 0.938 bits per heavy atom. The van der Waals surface area contributed by atoms with E-state index in [2.05, 4.69) is 61.0 Å². The molecule has 32 heavy (non-hydrogen) atoms. The number of hydrogen-bond acceptors (Lipinski definition) is 1. The predicted octanol–water partition coefficient (Wildman–Crippen LogP) is 7.41. The van der Waals surface area contributed by atoms with Crippen LogP contribution in [0.2, 0.25) is 0 Å². The van der Waals surface area contributed by atoms with Crippen LogP contribution in [0.4, 0.5) is 4.39 Å². The van der Waals surface area contributed by atoms with Gasteiger partial charge in [-0.15, -0.1) is 0 Å². The summed E-state index contributed by atoms with van der Waals surface area (Å²) in [6, 6.07) is 20.2. The van der Waals surface area contributed by atoms with Crippen LogP contribution in [0, 0.1) is 18.7 Å². The van der Waals surface area contributed by atoms with Crippen LogP contribution in [-0.4, -0.2) is 0 Å². The highest BCUT2D eigenvalue weighted by molar-refractivity contribution is 6.09. The molecule has 3 heteroatoms. The molecule has 0 saturated heterocycles. The first kappa shape index (κ1) is 19.5. The Labute approximate surface area is 187 Å². The monoisotopic (exact) mass is 424 g/mol. The zero-order chi connectivity index (χ0) is 21.8. The average Bonchev–Trinajstić information content (AvgIpc) is 3.42. The van der Waals surface area contributed by atoms with Crippen molar-refractivity contribution in [3.63, 3.8) is 0 Å². The van der Waals surface area contributed by atoms with Gasteiger partial charge < -0.3 is 4.42 Å². The molecule has 2 heterocycles. The van der Waals surface area contributed by atoms with Crippen molar-refractivity contribution >= 4 is 32.8 Å². The molecule has 2 nitrogen and oxygen atoms in total. The fourth-order valence-corrected chi connectivity index (χ4v) is 5.67. The molecule has 5 aromatic rings. The first-order chi connectivity index (χ1) is 15.6. The van der Waals surface area contributed by atoms with Crippen LogP contribution in [0.3, 0.4) is 0 Å². The van der Waals surface area contributed by atoms with Gasteiger partial charge in [-0.25, -0.2) is 4.39 Å². The Balaban J connectivity index is 1.56. The number of nitrogens with zero attached hydrogens (tertiary/aromatic N) is 1. The number of fused-ring (bicyclic) bond motifs is 4. The molecule has 0 spiro atoms. The molecule has 0 bridgehead atoms.